The molecular weight excluding hydrogens is 148 g/mol. The van der Waals surface area contributed by atoms with E-state index >= 15 is 0 Å². The predicted octanol–water partition coefficient (Wildman–Crippen LogP) is 3.09. The summed E-state index contributed by atoms with van der Waals surface area (Å²) in [5, 5.41) is 0. The highest BCUT2D eigenvalue weighted by molar-refractivity contribution is 4.79. The lowest BCUT2D eigenvalue weighted by Gasteiger charge is -2.29. The normalized spacial score (nSPS) is 24.8. The van der Waals surface area contributed by atoms with E-state index in [1.165, 1.54) is 12.8 Å². The van der Waals surface area contributed by atoms with Gasteiger partial charge in [0.1, 0.15) is 0 Å². The summed E-state index contributed by atoms with van der Waals surface area (Å²) in [7, 11) is 0. The molecule has 1 rings (SSSR count). The second-order valence-electron chi connectivity index (χ2n) is 4.62. The second-order valence-corrected chi connectivity index (χ2v) is 4.62. The van der Waals surface area contributed by atoms with Gasteiger partial charge in [-0.3, -0.25) is 0 Å². The van der Waals surface area contributed by atoms with Crippen molar-refractivity contribution in [2.24, 2.45) is 17.8 Å². The van der Waals surface area contributed by atoms with E-state index in [0.717, 1.165) is 24.4 Å². The molecule has 0 radical (unpaired) electrons. The Morgan fingerprint density at radius 2 is 1.67 bits per heavy atom. The minimum atomic E-state index is 0.546. The van der Waals surface area contributed by atoms with Crippen molar-refractivity contribution < 1.29 is 4.74 Å². The van der Waals surface area contributed by atoms with Crippen LogP contribution in [0.4, 0.5) is 0 Å². The number of hydrogen-bond acceptors (Lipinski definition) is 1. The van der Waals surface area contributed by atoms with Crippen LogP contribution in [-0.2, 0) is 4.74 Å². The zero-order valence-electron chi connectivity index (χ0n) is 8.84. The molecule has 1 unspecified atom stereocenters. The summed E-state index contributed by atoms with van der Waals surface area (Å²) in [6.07, 6.45) is 3.09. The molecule has 0 bridgehead atoms. The highest BCUT2D eigenvalue weighted by Crippen LogP contribution is 2.31. The number of hydrogen-bond donors (Lipinski definition) is 0. The van der Waals surface area contributed by atoms with Gasteiger partial charge in [-0.05, 0) is 30.6 Å². The molecule has 1 nitrogen and oxygen atoms in total. The summed E-state index contributed by atoms with van der Waals surface area (Å²) in [4.78, 5) is 0. The van der Waals surface area contributed by atoms with Crippen molar-refractivity contribution in [3.05, 3.63) is 0 Å². The van der Waals surface area contributed by atoms with Gasteiger partial charge in [0.2, 0.25) is 0 Å². The maximum absolute atomic E-state index is 5.74. The summed E-state index contributed by atoms with van der Waals surface area (Å²) in [5.74, 6) is 2.27. The Balaban J connectivity index is 2.52. The van der Waals surface area contributed by atoms with Crippen molar-refractivity contribution in [2.45, 2.75) is 46.6 Å². The zero-order chi connectivity index (χ0) is 9.14. The number of ether oxygens (including phenoxy) is 1. The van der Waals surface area contributed by atoms with Gasteiger partial charge in [-0.2, -0.15) is 0 Å². The summed E-state index contributed by atoms with van der Waals surface area (Å²) < 4.78 is 5.74. The van der Waals surface area contributed by atoms with Crippen LogP contribution >= 0.6 is 0 Å². The largest absolute Gasteiger partial charge is 0.378 e. The Hall–Kier alpha value is -0.0400. The standard InChI is InChI=1S/C11H22O/c1-8(2)11(9(3)4)10-6-5-7-12-10/h8-11H,5-7H2,1-4H3. The van der Waals surface area contributed by atoms with Crippen LogP contribution in [-0.4, -0.2) is 12.7 Å². The predicted molar refractivity (Wildman–Crippen MR) is 52.1 cm³/mol. The molecule has 12 heavy (non-hydrogen) atoms. The first-order valence-electron chi connectivity index (χ1n) is 5.24. The average Bonchev–Trinajstić information content (AvgIpc) is 2.37. The quantitative estimate of drug-likeness (QED) is 0.632. The fourth-order valence-corrected chi connectivity index (χ4v) is 2.53. The van der Waals surface area contributed by atoms with Crippen LogP contribution in [0, 0.1) is 17.8 Å². The minimum Gasteiger partial charge on any atom is -0.378 e. The Morgan fingerprint density at radius 3 is 2.00 bits per heavy atom. The van der Waals surface area contributed by atoms with E-state index in [0.29, 0.717) is 6.10 Å². The minimum absolute atomic E-state index is 0.546. The lowest BCUT2D eigenvalue weighted by molar-refractivity contribution is 0.0236. The van der Waals surface area contributed by atoms with E-state index in [9.17, 15) is 0 Å². The van der Waals surface area contributed by atoms with Crippen LogP contribution in [0.5, 0.6) is 0 Å². The highest BCUT2D eigenvalue weighted by atomic mass is 16.5. The molecule has 0 N–H and O–H groups in total. The maximum atomic E-state index is 5.74. The molecule has 0 aliphatic carbocycles. The smallest absolute Gasteiger partial charge is 0.0609 e. The zero-order valence-corrected chi connectivity index (χ0v) is 8.84. The second kappa shape index (κ2) is 4.27. The molecular formula is C11H22O. The number of rotatable bonds is 3. The van der Waals surface area contributed by atoms with Crippen LogP contribution in [0.15, 0.2) is 0 Å². The van der Waals surface area contributed by atoms with Crippen LogP contribution in [0.2, 0.25) is 0 Å². The van der Waals surface area contributed by atoms with Crippen LogP contribution in [0.25, 0.3) is 0 Å². The van der Waals surface area contributed by atoms with E-state index in [4.69, 9.17) is 4.74 Å². The topological polar surface area (TPSA) is 9.23 Å². The Kier molecular flexibility index (Phi) is 3.57. The molecule has 0 aromatic rings. The molecule has 1 fully saturated rings. The van der Waals surface area contributed by atoms with Crippen LogP contribution < -0.4 is 0 Å². The van der Waals surface area contributed by atoms with Crippen LogP contribution in [0.3, 0.4) is 0 Å². The molecule has 0 amide bonds. The first-order valence-corrected chi connectivity index (χ1v) is 5.24. The SMILES string of the molecule is CC(C)C(C(C)C)C1CCCO1. The molecule has 1 aliphatic rings. The third-order valence-corrected chi connectivity index (χ3v) is 2.93. The van der Waals surface area contributed by atoms with E-state index in [1.807, 2.05) is 0 Å². The lowest BCUT2D eigenvalue weighted by atomic mass is 9.80. The first-order chi connectivity index (χ1) is 5.63. The van der Waals surface area contributed by atoms with Crippen molar-refractivity contribution in [3.63, 3.8) is 0 Å². The first kappa shape index (κ1) is 10.0. The molecule has 1 heterocycles. The Labute approximate surface area is 76.5 Å². The van der Waals surface area contributed by atoms with Gasteiger partial charge in [0.25, 0.3) is 0 Å². The van der Waals surface area contributed by atoms with Crippen molar-refractivity contribution in [2.75, 3.05) is 6.61 Å². The van der Waals surface area contributed by atoms with Crippen molar-refractivity contribution in [1.82, 2.24) is 0 Å². The molecule has 1 saturated heterocycles. The van der Waals surface area contributed by atoms with Gasteiger partial charge in [-0.15, -0.1) is 0 Å². The average molecular weight is 170 g/mol. The van der Waals surface area contributed by atoms with Crippen molar-refractivity contribution in [1.29, 1.82) is 0 Å². The van der Waals surface area contributed by atoms with Gasteiger partial charge in [0.15, 0.2) is 0 Å². The van der Waals surface area contributed by atoms with Gasteiger partial charge in [-0.25, -0.2) is 0 Å². The fraction of sp³-hybridized carbons (Fsp3) is 1.00. The summed E-state index contributed by atoms with van der Waals surface area (Å²) in [5.41, 5.74) is 0. The van der Waals surface area contributed by atoms with Gasteiger partial charge < -0.3 is 4.74 Å². The van der Waals surface area contributed by atoms with Crippen molar-refractivity contribution >= 4 is 0 Å². The van der Waals surface area contributed by atoms with Crippen LogP contribution in [0.1, 0.15) is 40.5 Å². The molecule has 0 aromatic heterocycles. The molecule has 1 atom stereocenters. The maximum Gasteiger partial charge on any atom is 0.0609 e. The van der Waals surface area contributed by atoms with E-state index < -0.39 is 0 Å². The third-order valence-electron chi connectivity index (χ3n) is 2.93. The molecule has 0 aromatic carbocycles. The summed E-state index contributed by atoms with van der Waals surface area (Å²) >= 11 is 0. The molecule has 0 saturated carbocycles. The molecule has 72 valence electrons. The summed E-state index contributed by atoms with van der Waals surface area (Å²) in [6.45, 7) is 10.2. The third kappa shape index (κ3) is 2.22. The van der Waals surface area contributed by atoms with E-state index in [1.54, 1.807) is 0 Å². The Bertz CT molecular complexity index is 115. The van der Waals surface area contributed by atoms with Gasteiger partial charge in [0.05, 0.1) is 6.10 Å². The van der Waals surface area contributed by atoms with E-state index in [-0.39, 0.29) is 0 Å². The molecule has 1 aliphatic heterocycles. The van der Waals surface area contributed by atoms with E-state index in [2.05, 4.69) is 27.7 Å². The van der Waals surface area contributed by atoms with Gasteiger partial charge in [-0.1, -0.05) is 27.7 Å². The van der Waals surface area contributed by atoms with Gasteiger partial charge >= 0.3 is 0 Å². The fourth-order valence-electron chi connectivity index (χ4n) is 2.53. The summed E-state index contributed by atoms with van der Waals surface area (Å²) in [6, 6.07) is 0. The highest BCUT2D eigenvalue weighted by Gasteiger charge is 2.30. The lowest BCUT2D eigenvalue weighted by Crippen LogP contribution is -2.29. The molecule has 0 spiro atoms. The Morgan fingerprint density at radius 1 is 1.08 bits per heavy atom. The monoisotopic (exact) mass is 170 g/mol. The molecule has 1 heteroatoms. The van der Waals surface area contributed by atoms with Crippen molar-refractivity contribution in [3.8, 4) is 0 Å². The van der Waals surface area contributed by atoms with Gasteiger partial charge in [0, 0.05) is 6.61 Å².